The second kappa shape index (κ2) is 15.1. The van der Waals surface area contributed by atoms with Crippen molar-refractivity contribution in [3.63, 3.8) is 0 Å². The number of amides is 2. The standard InChI is InChI=1S/C31H45NO10/c1-17(13-19(3)30-23(38-5)9-12-27(40-7)42-30)29(36)24(39-6)14-18(2)28(35)21-15-20(37-4)16-22(31(21)41-8)32-25(33)10-11-26(32)34/h9,12-13,15-18,23-24,27-30,35-36H,10-11,14H2,1-8H3/b19-13+/t17-,18-,23-,24-,27+,28+,29+,30-/m0/s1. The predicted molar refractivity (Wildman–Crippen MR) is 155 cm³/mol. The third-order valence-corrected chi connectivity index (χ3v) is 8.00. The Morgan fingerprint density at radius 3 is 2.24 bits per heavy atom. The number of benzene rings is 1. The molecule has 42 heavy (non-hydrogen) atoms. The van der Waals surface area contributed by atoms with Crippen LogP contribution in [0.1, 0.15) is 51.7 Å². The summed E-state index contributed by atoms with van der Waals surface area (Å²) in [6, 6.07) is 3.17. The Labute approximate surface area is 248 Å². The van der Waals surface area contributed by atoms with Gasteiger partial charge in [-0.2, -0.15) is 0 Å². The first-order valence-corrected chi connectivity index (χ1v) is 14.1. The predicted octanol–water partition coefficient (Wildman–Crippen LogP) is 3.32. The summed E-state index contributed by atoms with van der Waals surface area (Å²) in [5.41, 5.74) is 1.47. The van der Waals surface area contributed by atoms with Gasteiger partial charge >= 0.3 is 0 Å². The second-order valence-corrected chi connectivity index (χ2v) is 10.8. The topological polar surface area (TPSA) is 133 Å². The van der Waals surface area contributed by atoms with Gasteiger partial charge in [0.1, 0.15) is 23.7 Å². The number of nitrogens with zero attached hydrogens (tertiary/aromatic N) is 1. The molecule has 11 nitrogen and oxygen atoms in total. The summed E-state index contributed by atoms with van der Waals surface area (Å²) in [7, 11) is 7.58. The van der Waals surface area contributed by atoms with Gasteiger partial charge in [0.2, 0.25) is 11.8 Å². The molecule has 11 heteroatoms. The lowest BCUT2D eigenvalue weighted by Crippen LogP contribution is -2.39. The molecule has 1 aromatic carbocycles. The first-order chi connectivity index (χ1) is 20.0. The lowest BCUT2D eigenvalue weighted by atomic mass is 9.86. The van der Waals surface area contributed by atoms with E-state index in [0.29, 0.717) is 17.7 Å². The Morgan fingerprint density at radius 2 is 1.69 bits per heavy atom. The van der Waals surface area contributed by atoms with Crippen molar-refractivity contribution in [2.24, 2.45) is 11.8 Å². The molecule has 2 aliphatic rings. The highest BCUT2D eigenvalue weighted by Crippen LogP contribution is 2.43. The van der Waals surface area contributed by atoms with E-state index in [9.17, 15) is 19.8 Å². The minimum absolute atomic E-state index is 0.107. The van der Waals surface area contributed by atoms with Gasteiger partial charge in [0, 0.05) is 51.7 Å². The molecule has 0 saturated carbocycles. The van der Waals surface area contributed by atoms with Gasteiger partial charge in [0.05, 0.1) is 38.2 Å². The van der Waals surface area contributed by atoms with Crippen LogP contribution in [0.2, 0.25) is 0 Å². The van der Waals surface area contributed by atoms with Crippen LogP contribution in [-0.4, -0.2) is 88.3 Å². The minimum atomic E-state index is -1.09. The van der Waals surface area contributed by atoms with E-state index >= 15 is 0 Å². The van der Waals surface area contributed by atoms with Crippen LogP contribution < -0.4 is 14.4 Å². The number of hydrogen-bond donors (Lipinski definition) is 2. The van der Waals surface area contributed by atoms with Gasteiger partial charge in [-0.1, -0.05) is 26.0 Å². The van der Waals surface area contributed by atoms with Gasteiger partial charge in [-0.3, -0.25) is 9.59 Å². The summed E-state index contributed by atoms with van der Waals surface area (Å²) in [5, 5.41) is 22.8. The maximum Gasteiger partial charge on any atom is 0.234 e. The van der Waals surface area contributed by atoms with E-state index < -0.39 is 30.5 Å². The second-order valence-electron chi connectivity index (χ2n) is 10.8. The molecule has 0 unspecified atom stereocenters. The van der Waals surface area contributed by atoms with Crippen LogP contribution in [0.15, 0.2) is 35.9 Å². The number of carbonyl (C=O) groups excluding carboxylic acids is 2. The molecule has 234 valence electrons. The number of carbonyl (C=O) groups is 2. The van der Waals surface area contributed by atoms with Gasteiger partial charge in [0.25, 0.3) is 0 Å². The Bertz CT molecular complexity index is 1130. The van der Waals surface area contributed by atoms with Crippen molar-refractivity contribution in [2.45, 2.75) is 76.8 Å². The summed E-state index contributed by atoms with van der Waals surface area (Å²) >= 11 is 0. The summed E-state index contributed by atoms with van der Waals surface area (Å²) in [5.74, 6) is -0.857. The highest BCUT2D eigenvalue weighted by molar-refractivity contribution is 6.20. The molecule has 0 aromatic heterocycles. The van der Waals surface area contributed by atoms with Crippen molar-refractivity contribution in [1.29, 1.82) is 0 Å². The molecule has 0 bridgehead atoms. The van der Waals surface area contributed by atoms with Gasteiger partial charge in [-0.15, -0.1) is 0 Å². The monoisotopic (exact) mass is 591 g/mol. The van der Waals surface area contributed by atoms with E-state index in [4.69, 9.17) is 28.4 Å². The van der Waals surface area contributed by atoms with E-state index in [2.05, 4.69) is 0 Å². The van der Waals surface area contributed by atoms with Crippen LogP contribution in [0, 0.1) is 11.8 Å². The fraction of sp³-hybridized carbons (Fsp3) is 0.613. The van der Waals surface area contributed by atoms with Crippen LogP contribution in [0.4, 0.5) is 5.69 Å². The van der Waals surface area contributed by atoms with Gasteiger partial charge in [-0.05, 0) is 37.0 Å². The summed E-state index contributed by atoms with van der Waals surface area (Å²) in [6.45, 7) is 5.63. The molecule has 2 amide bonds. The van der Waals surface area contributed by atoms with E-state index in [1.54, 1.807) is 32.4 Å². The molecule has 1 fully saturated rings. The van der Waals surface area contributed by atoms with E-state index in [1.165, 1.54) is 21.3 Å². The highest BCUT2D eigenvalue weighted by atomic mass is 16.7. The molecule has 1 saturated heterocycles. The van der Waals surface area contributed by atoms with E-state index in [0.717, 1.165) is 10.5 Å². The number of ether oxygens (including phenoxy) is 6. The normalized spacial score (nSPS) is 24.9. The van der Waals surface area contributed by atoms with E-state index in [1.807, 2.05) is 32.9 Å². The van der Waals surface area contributed by atoms with Crippen molar-refractivity contribution < 1.29 is 48.2 Å². The molecular formula is C31H45NO10. The number of hydrogen-bond acceptors (Lipinski definition) is 10. The average molecular weight is 592 g/mol. The molecule has 1 aromatic rings. The third kappa shape index (κ3) is 7.39. The first kappa shape index (κ1) is 33.7. The lowest BCUT2D eigenvalue weighted by Gasteiger charge is -2.33. The minimum Gasteiger partial charge on any atom is -0.497 e. The number of methoxy groups -OCH3 is 5. The Kier molecular flexibility index (Phi) is 12.1. The maximum absolute atomic E-state index is 12.5. The average Bonchev–Trinajstić information content (AvgIpc) is 3.34. The Hall–Kier alpha value is -2.80. The zero-order chi connectivity index (χ0) is 31.1. The fourth-order valence-corrected chi connectivity index (χ4v) is 5.57. The maximum atomic E-state index is 12.5. The number of imide groups is 1. The molecule has 2 heterocycles. The zero-order valence-corrected chi connectivity index (χ0v) is 25.7. The van der Waals surface area contributed by atoms with Crippen LogP contribution in [0.25, 0.3) is 0 Å². The van der Waals surface area contributed by atoms with Crippen LogP contribution >= 0.6 is 0 Å². The van der Waals surface area contributed by atoms with Gasteiger partial charge in [-0.25, -0.2) is 4.90 Å². The Morgan fingerprint density at radius 1 is 1.02 bits per heavy atom. The third-order valence-electron chi connectivity index (χ3n) is 8.00. The van der Waals surface area contributed by atoms with Crippen molar-refractivity contribution >= 4 is 17.5 Å². The number of aliphatic hydroxyl groups excluding tert-OH is 2. The smallest absolute Gasteiger partial charge is 0.234 e. The van der Waals surface area contributed by atoms with Gasteiger partial charge < -0.3 is 38.6 Å². The SMILES string of the molecule is COc1cc([C@H](O)[C@@H](C)C[C@H](OC)[C@H](O)[C@@H](C)/C=C(\C)[C@@H]2O[C@@H](OC)C=C[C@@H]2OC)c(OC)c(N2C(=O)CCC2=O)c1. The zero-order valence-electron chi connectivity index (χ0n) is 25.7. The molecular weight excluding hydrogens is 546 g/mol. The molecule has 0 aliphatic carbocycles. The van der Waals surface area contributed by atoms with Crippen LogP contribution in [-0.2, 0) is 28.5 Å². The lowest BCUT2D eigenvalue weighted by molar-refractivity contribution is -0.150. The molecule has 8 atom stereocenters. The van der Waals surface area contributed by atoms with Crippen molar-refractivity contribution in [2.75, 3.05) is 40.4 Å². The van der Waals surface area contributed by atoms with Crippen molar-refractivity contribution in [1.82, 2.24) is 0 Å². The quantitative estimate of drug-likeness (QED) is 0.245. The molecule has 2 N–H and O–H groups in total. The highest BCUT2D eigenvalue weighted by Gasteiger charge is 2.36. The Balaban J connectivity index is 1.81. The number of aliphatic hydroxyl groups is 2. The van der Waals surface area contributed by atoms with Crippen LogP contribution in [0.5, 0.6) is 11.5 Å². The van der Waals surface area contributed by atoms with Crippen molar-refractivity contribution in [3.05, 3.63) is 41.5 Å². The molecule has 0 spiro atoms. The summed E-state index contributed by atoms with van der Waals surface area (Å²) in [4.78, 5) is 26.1. The summed E-state index contributed by atoms with van der Waals surface area (Å²) < 4.78 is 33.6. The number of anilines is 1. The first-order valence-electron chi connectivity index (χ1n) is 14.1. The number of rotatable bonds is 14. The summed E-state index contributed by atoms with van der Waals surface area (Å²) in [6.07, 6.45) is 2.36. The van der Waals surface area contributed by atoms with Gasteiger partial charge in [0.15, 0.2) is 6.29 Å². The largest absolute Gasteiger partial charge is 0.497 e. The molecule has 2 aliphatic heterocycles. The molecule has 3 rings (SSSR count). The van der Waals surface area contributed by atoms with Crippen LogP contribution in [0.3, 0.4) is 0 Å². The van der Waals surface area contributed by atoms with Crippen molar-refractivity contribution in [3.8, 4) is 11.5 Å². The fourth-order valence-electron chi connectivity index (χ4n) is 5.57. The molecule has 0 radical (unpaired) electrons. The van der Waals surface area contributed by atoms with E-state index in [-0.39, 0.29) is 54.2 Å².